The molecule has 0 saturated carbocycles. The molecule has 1 heterocycles. The Morgan fingerprint density at radius 1 is 1.53 bits per heavy atom. The number of nitrogens with zero attached hydrogens (tertiary/aromatic N) is 2. The van der Waals surface area contributed by atoms with Crippen LogP contribution in [-0.4, -0.2) is 22.6 Å². The molecule has 1 atom stereocenters. The Morgan fingerprint density at radius 3 is 2.84 bits per heavy atom. The molecule has 5 heteroatoms. The zero-order chi connectivity index (χ0) is 14.0. The molecule has 1 aliphatic heterocycles. The van der Waals surface area contributed by atoms with Crippen LogP contribution in [0.1, 0.15) is 32.3 Å². The second-order valence-corrected chi connectivity index (χ2v) is 5.39. The highest BCUT2D eigenvalue weighted by molar-refractivity contribution is 5.65. The minimum atomic E-state index is -0.357. The number of nitro benzene ring substituents is 1. The van der Waals surface area contributed by atoms with Crippen LogP contribution in [0, 0.1) is 16.0 Å². The third kappa shape index (κ3) is 2.71. The Labute approximate surface area is 113 Å². The van der Waals surface area contributed by atoms with Crippen LogP contribution in [0.3, 0.4) is 0 Å². The summed E-state index contributed by atoms with van der Waals surface area (Å²) in [4.78, 5) is 13.0. The van der Waals surface area contributed by atoms with Crippen molar-refractivity contribution < 1.29 is 10.0 Å². The van der Waals surface area contributed by atoms with E-state index in [9.17, 15) is 10.1 Å². The number of anilines is 1. The van der Waals surface area contributed by atoms with Crippen molar-refractivity contribution in [1.82, 2.24) is 0 Å². The molecule has 1 aromatic carbocycles. The van der Waals surface area contributed by atoms with Crippen molar-refractivity contribution >= 4 is 11.4 Å². The molecule has 0 amide bonds. The van der Waals surface area contributed by atoms with E-state index in [4.69, 9.17) is 5.11 Å². The van der Waals surface area contributed by atoms with Crippen molar-refractivity contribution in [3.05, 3.63) is 33.9 Å². The third-order valence-corrected chi connectivity index (χ3v) is 3.80. The van der Waals surface area contributed by atoms with Gasteiger partial charge in [0.25, 0.3) is 5.69 Å². The number of hydrogen-bond donors (Lipinski definition) is 1. The number of rotatable bonds is 4. The van der Waals surface area contributed by atoms with Crippen LogP contribution in [0.2, 0.25) is 0 Å². The lowest BCUT2D eigenvalue weighted by Crippen LogP contribution is -2.33. The van der Waals surface area contributed by atoms with Gasteiger partial charge in [0.05, 0.1) is 11.5 Å². The molecule has 2 rings (SSSR count). The lowest BCUT2D eigenvalue weighted by atomic mass is 10.0. The molecule has 1 saturated heterocycles. The number of nitro groups is 1. The lowest BCUT2D eigenvalue weighted by molar-refractivity contribution is -0.384. The predicted octanol–water partition coefficient (Wildman–Crippen LogP) is 2.71. The van der Waals surface area contributed by atoms with Crippen molar-refractivity contribution in [2.24, 2.45) is 5.92 Å². The maximum Gasteiger partial charge on any atom is 0.292 e. The van der Waals surface area contributed by atoms with Gasteiger partial charge in [-0.25, -0.2) is 0 Å². The molecule has 0 aliphatic carbocycles. The standard InChI is InChI=1S/C14H20N2O3/c1-10(2)12-4-3-7-15(12)13-6-5-11(9-17)8-14(13)16(18)19/h5-6,8,10,12,17H,3-4,7,9H2,1-2H3. The second-order valence-electron chi connectivity index (χ2n) is 5.39. The molecule has 104 valence electrons. The van der Waals surface area contributed by atoms with Gasteiger partial charge >= 0.3 is 0 Å². The molecule has 1 aliphatic rings. The van der Waals surface area contributed by atoms with Crippen LogP contribution in [-0.2, 0) is 6.61 Å². The summed E-state index contributed by atoms with van der Waals surface area (Å²) in [6.07, 6.45) is 2.15. The molecule has 0 bridgehead atoms. The predicted molar refractivity (Wildman–Crippen MR) is 74.2 cm³/mol. The summed E-state index contributed by atoms with van der Waals surface area (Å²) < 4.78 is 0. The van der Waals surface area contributed by atoms with Crippen molar-refractivity contribution in [1.29, 1.82) is 0 Å². The first-order chi connectivity index (χ1) is 9.04. The van der Waals surface area contributed by atoms with E-state index in [-0.39, 0.29) is 17.2 Å². The highest BCUT2D eigenvalue weighted by Crippen LogP contribution is 2.36. The van der Waals surface area contributed by atoms with Crippen LogP contribution in [0.5, 0.6) is 0 Å². The summed E-state index contributed by atoms with van der Waals surface area (Å²) in [5.74, 6) is 0.472. The first-order valence-electron chi connectivity index (χ1n) is 6.69. The normalized spacial score (nSPS) is 19.2. The van der Waals surface area contributed by atoms with Crippen LogP contribution < -0.4 is 4.90 Å². The average Bonchev–Trinajstić information content (AvgIpc) is 2.87. The smallest absolute Gasteiger partial charge is 0.292 e. The summed E-state index contributed by atoms with van der Waals surface area (Å²) in [7, 11) is 0. The topological polar surface area (TPSA) is 66.6 Å². The summed E-state index contributed by atoms with van der Waals surface area (Å²) >= 11 is 0. The SMILES string of the molecule is CC(C)C1CCCN1c1ccc(CO)cc1[N+](=O)[O-]. The molecule has 0 aromatic heterocycles. The summed E-state index contributed by atoms with van der Waals surface area (Å²) in [6, 6.07) is 5.37. The van der Waals surface area contributed by atoms with E-state index in [1.54, 1.807) is 12.1 Å². The van der Waals surface area contributed by atoms with Gasteiger partial charge in [-0.3, -0.25) is 10.1 Å². The van der Waals surface area contributed by atoms with E-state index in [0.29, 0.717) is 23.2 Å². The molecule has 0 spiro atoms. The minimum Gasteiger partial charge on any atom is -0.392 e. The number of aliphatic hydroxyl groups is 1. The third-order valence-electron chi connectivity index (χ3n) is 3.80. The number of hydrogen-bond acceptors (Lipinski definition) is 4. The van der Waals surface area contributed by atoms with Crippen molar-refractivity contribution in [3.63, 3.8) is 0 Å². The largest absolute Gasteiger partial charge is 0.392 e. The quantitative estimate of drug-likeness (QED) is 0.670. The fourth-order valence-electron chi connectivity index (χ4n) is 2.84. The van der Waals surface area contributed by atoms with Crippen LogP contribution >= 0.6 is 0 Å². The molecule has 1 N–H and O–H groups in total. The first-order valence-corrected chi connectivity index (χ1v) is 6.69. The van der Waals surface area contributed by atoms with Gasteiger partial charge in [0, 0.05) is 18.7 Å². The van der Waals surface area contributed by atoms with E-state index in [1.165, 1.54) is 6.07 Å². The van der Waals surface area contributed by atoms with Gasteiger partial charge < -0.3 is 10.0 Å². The van der Waals surface area contributed by atoms with E-state index in [1.807, 2.05) is 0 Å². The highest BCUT2D eigenvalue weighted by Gasteiger charge is 2.31. The van der Waals surface area contributed by atoms with Gasteiger partial charge in [-0.05, 0) is 30.4 Å². The molecule has 0 radical (unpaired) electrons. The van der Waals surface area contributed by atoms with E-state index >= 15 is 0 Å². The highest BCUT2D eigenvalue weighted by atomic mass is 16.6. The van der Waals surface area contributed by atoms with Crippen molar-refractivity contribution in [3.8, 4) is 0 Å². The Hall–Kier alpha value is -1.62. The molecule has 1 unspecified atom stereocenters. The average molecular weight is 264 g/mol. The monoisotopic (exact) mass is 264 g/mol. The zero-order valence-corrected chi connectivity index (χ0v) is 11.4. The van der Waals surface area contributed by atoms with Crippen LogP contribution in [0.4, 0.5) is 11.4 Å². The minimum absolute atomic E-state index is 0.0964. The van der Waals surface area contributed by atoms with Crippen LogP contribution in [0.25, 0.3) is 0 Å². The molecule has 19 heavy (non-hydrogen) atoms. The van der Waals surface area contributed by atoms with Crippen LogP contribution in [0.15, 0.2) is 18.2 Å². The van der Waals surface area contributed by atoms with Gasteiger partial charge in [0.15, 0.2) is 0 Å². The maximum atomic E-state index is 11.2. The van der Waals surface area contributed by atoms with Gasteiger partial charge in [-0.2, -0.15) is 0 Å². The van der Waals surface area contributed by atoms with Gasteiger partial charge in [0.2, 0.25) is 0 Å². The number of aliphatic hydroxyl groups excluding tert-OH is 1. The first kappa shape index (κ1) is 13.8. The Morgan fingerprint density at radius 2 is 2.26 bits per heavy atom. The Balaban J connectivity index is 2.41. The zero-order valence-electron chi connectivity index (χ0n) is 11.4. The van der Waals surface area contributed by atoms with Gasteiger partial charge in [-0.1, -0.05) is 19.9 Å². The molecular formula is C14H20N2O3. The van der Waals surface area contributed by atoms with Gasteiger partial charge in [-0.15, -0.1) is 0 Å². The van der Waals surface area contributed by atoms with Gasteiger partial charge in [0.1, 0.15) is 5.69 Å². The van der Waals surface area contributed by atoms with E-state index < -0.39 is 0 Å². The van der Waals surface area contributed by atoms with Crippen molar-refractivity contribution in [2.45, 2.75) is 39.3 Å². The Kier molecular flexibility index (Phi) is 4.04. The fourth-order valence-corrected chi connectivity index (χ4v) is 2.84. The summed E-state index contributed by atoms with van der Waals surface area (Å²) in [6.45, 7) is 4.99. The second kappa shape index (κ2) is 5.57. The molecular weight excluding hydrogens is 244 g/mol. The fraction of sp³-hybridized carbons (Fsp3) is 0.571. The lowest BCUT2D eigenvalue weighted by Gasteiger charge is -2.29. The molecule has 1 fully saturated rings. The van der Waals surface area contributed by atoms with E-state index in [0.717, 1.165) is 19.4 Å². The number of benzene rings is 1. The Bertz CT molecular complexity index is 474. The van der Waals surface area contributed by atoms with E-state index in [2.05, 4.69) is 18.7 Å². The molecule has 5 nitrogen and oxygen atoms in total. The van der Waals surface area contributed by atoms with Crippen molar-refractivity contribution in [2.75, 3.05) is 11.4 Å². The maximum absolute atomic E-state index is 11.2. The molecule has 1 aromatic rings. The summed E-state index contributed by atoms with van der Waals surface area (Å²) in [5, 5.41) is 20.3. The summed E-state index contributed by atoms with van der Waals surface area (Å²) in [5.41, 5.74) is 1.35.